The van der Waals surface area contributed by atoms with Gasteiger partial charge in [-0.2, -0.15) is 0 Å². The maximum Gasteiger partial charge on any atom is 0.249 e. The van der Waals surface area contributed by atoms with Crippen LogP contribution in [0.15, 0.2) is 48.5 Å². The van der Waals surface area contributed by atoms with Crippen molar-refractivity contribution in [3.05, 3.63) is 65.2 Å². The van der Waals surface area contributed by atoms with E-state index in [1.165, 1.54) is 5.56 Å². The van der Waals surface area contributed by atoms with Crippen LogP contribution in [-0.2, 0) is 0 Å². The summed E-state index contributed by atoms with van der Waals surface area (Å²) in [4.78, 5) is 11.4. The third-order valence-electron chi connectivity index (χ3n) is 3.54. The zero-order chi connectivity index (χ0) is 14.5. The van der Waals surface area contributed by atoms with E-state index < -0.39 is 0 Å². The Morgan fingerprint density at radius 1 is 1.15 bits per heavy atom. The molecule has 20 heavy (non-hydrogen) atoms. The number of carbonyl (C=O) groups excluding carboxylic acids is 1. The number of anilines is 1. The van der Waals surface area contributed by atoms with Gasteiger partial charge < -0.3 is 11.1 Å². The van der Waals surface area contributed by atoms with Crippen LogP contribution in [0.4, 0.5) is 5.69 Å². The zero-order valence-corrected chi connectivity index (χ0v) is 11.9. The molecule has 0 radical (unpaired) electrons. The maximum absolute atomic E-state index is 11.4. The second-order valence-corrected chi connectivity index (χ2v) is 4.86. The number of rotatable bonds is 5. The van der Waals surface area contributed by atoms with E-state index in [-0.39, 0.29) is 11.9 Å². The molecule has 3 N–H and O–H groups in total. The van der Waals surface area contributed by atoms with Crippen molar-refractivity contribution in [3.8, 4) is 0 Å². The van der Waals surface area contributed by atoms with Crippen LogP contribution in [-0.4, -0.2) is 5.91 Å². The molecule has 0 aliphatic carbocycles. The van der Waals surface area contributed by atoms with Crippen LogP contribution in [0.3, 0.4) is 0 Å². The molecule has 0 aromatic heterocycles. The van der Waals surface area contributed by atoms with Gasteiger partial charge in [-0.3, -0.25) is 4.79 Å². The molecule has 2 aromatic rings. The highest BCUT2D eigenvalue weighted by Gasteiger charge is 2.13. The van der Waals surface area contributed by atoms with Crippen molar-refractivity contribution in [2.45, 2.75) is 26.3 Å². The molecule has 0 heterocycles. The molecule has 104 valence electrons. The minimum atomic E-state index is -0.390. The Kier molecular flexibility index (Phi) is 4.41. The molecular weight excluding hydrogens is 248 g/mol. The van der Waals surface area contributed by atoms with Crippen molar-refractivity contribution in [2.75, 3.05) is 5.32 Å². The average molecular weight is 268 g/mol. The second-order valence-electron chi connectivity index (χ2n) is 4.86. The molecule has 0 bridgehead atoms. The summed E-state index contributed by atoms with van der Waals surface area (Å²) in [6, 6.07) is 16.1. The second kappa shape index (κ2) is 6.24. The van der Waals surface area contributed by atoms with Gasteiger partial charge in [0.15, 0.2) is 0 Å². The van der Waals surface area contributed by atoms with Crippen molar-refractivity contribution in [3.63, 3.8) is 0 Å². The predicted molar refractivity (Wildman–Crippen MR) is 82.8 cm³/mol. The Bertz CT molecular complexity index is 593. The molecule has 0 saturated heterocycles. The molecule has 1 unspecified atom stereocenters. The van der Waals surface area contributed by atoms with Gasteiger partial charge in [0.1, 0.15) is 0 Å². The smallest absolute Gasteiger partial charge is 0.249 e. The number of nitrogens with two attached hydrogens (primary N) is 1. The molecule has 0 saturated carbocycles. The Morgan fingerprint density at radius 3 is 2.45 bits per heavy atom. The van der Waals surface area contributed by atoms with Crippen LogP contribution < -0.4 is 11.1 Å². The van der Waals surface area contributed by atoms with Crippen molar-refractivity contribution in [2.24, 2.45) is 5.73 Å². The maximum atomic E-state index is 11.4. The quantitative estimate of drug-likeness (QED) is 0.869. The van der Waals surface area contributed by atoms with E-state index in [9.17, 15) is 4.79 Å². The fourth-order valence-electron chi connectivity index (χ4n) is 2.35. The van der Waals surface area contributed by atoms with Crippen molar-refractivity contribution in [1.82, 2.24) is 0 Å². The number of benzene rings is 2. The van der Waals surface area contributed by atoms with Gasteiger partial charge in [0.25, 0.3) is 0 Å². The summed E-state index contributed by atoms with van der Waals surface area (Å²) >= 11 is 0. The van der Waals surface area contributed by atoms with Gasteiger partial charge in [-0.25, -0.2) is 0 Å². The number of nitrogens with one attached hydrogen (secondary N) is 1. The molecule has 3 nitrogen and oxygen atoms in total. The van der Waals surface area contributed by atoms with E-state index >= 15 is 0 Å². The third kappa shape index (κ3) is 2.99. The highest BCUT2D eigenvalue weighted by atomic mass is 16.1. The minimum absolute atomic E-state index is 0.220. The fourth-order valence-corrected chi connectivity index (χ4v) is 2.35. The van der Waals surface area contributed by atoms with Crippen molar-refractivity contribution < 1.29 is 4.79 Å². The number of primary amides is 1. The van der Waals surface area contributed by atoms with Gasteiger partial charge in [-0.05, 0) is 36.6 Å². The highest BCUT2D eigenvalue weighted by Crippen LogP contribution is 2.26. The zero-order valence-electron chi connectivity index (χ0n) is 11.9. The van der Waals surface area contributed by atoms with Crippen molar-refractivity contribution >= 4 is 11.6 Å². The Balaban J connectivity index is 2.29. The van der Waals surface area contributed by atoms with Gasteiger partial charge in [0.2, 0.25) is 5.91 Å². The molecule has 2 rings (SSSR count). The SMILES string of the molecule is CCC(Nc1cccc(C(N)=O)c1C)c1ccccc1. The first-order chi connectivity index (χ1) is 9.63. The number of amides is 1. The van der Waals surface area contributed by atoms with Crippen LogP contribution in [0.5, 0.6) is 0 Å². The first-order valence-corrected chi connectivity index (χ1v) is 6.84. The first-order valence-electron chi connectivity index (χ1n) is 6.84. The van der Waals surface area contributed by atoms with Gasteiger partial charge in [-0.1, -0.05) is 43.3 Å². The number of carbonyl (C=O) groups is 1. The normalized spacial score (nSPS) is 11.9. The lowest BCUT2D eigenvalue weighted by molar-refractivity contribution is 0.1000. The van der Waals surface area contributed by atoms with E-state index in [1.54, 1.807) is 6.07 Å². The molecule has 0 aliphatic rings. The van der Waals surface area contributed by atoms with Crippen LogP contribution in [0.2, 0.25) is 0 Å². The molecule has 0 aliphatic heterocycles. The van der Waals surface area contributed by atoms with Crippen molar-refractivity contribution in [1.29, 1.82) is 0 Å². The van der Waals surface area contributed by atoms with Crippen LogP contribution in [0.1, 0.15) is 40.9 Å². The predicted octanol–water partition coefficient (Wildman–Crippen LogP) is 3.66. The molecule has 1 atom stereocenters. The monoisotopic (exact) mass is 268 g/mol. The van der Waals surface area contributed by atoms with E-state index in [0.717, 1.165) is 17.7 Å². The molecular formula is C17H20N2O. The standard InChI is InChI=1S/C17H20N2O/c1-3-15(13-8-5-4-6-9-13)19-16-11-7-10-14(12(16)2)17(18)20/h4-11,15,19H,3H2,1-2H3,(H2,18,20). The van der Waals surface area contributed by atoms with E-state index in [4.69, 9.17) is 5.73 Å². The summed E-state index contributed by atoms with van der Waals surface area (Å²) in [5.74, 6) is -0.390. The van der Waals surface area contributed by atoms with Crippen LogP contribution in [0, 0.1) is 6.92 Å². The summed E-state index contributed by atoms with van der Waals surface area (Å²) in [5.41, 5.74) is 9.05. The molecule has 0 fully saturated rings. The molecule has 3 heteroatoms. The Morgan fingerprint density at radius 2 is 1.85 bits per heavy atom. The van der Waals surface area contributed by atoms with Gasteiger partial charge in [-0.15, -0.1) is 0 Å². The Labute approximate surface area is 119 Å². The van der Waals surface area contributed by atoms with E-state index in [2.05, 4.69) is 24.4 Å². The summed E-state index contributed by atoms with van der Waals surface area (Å²) in [6.07, 6.45) is 0.963. The molecule has 1 amide bonds. The molecule has 0 spiro atoms. The van der Waals surface area contributed by atoms with Crippen LogP contribution >= 0.6 is 0 Å². The van der Waals surface area contributed by atoms with Gasteiger partial charge >= 0.3 is 0 Å². The number of hydrogen-bond acceptors (Lipinski definition) is 2. The Hall–Kier alpha value is -2.29. The third-order valence-corrected chi connectivity index (χ3v) is 3.54. The first kappa shape index (κ1) is 14.1. The minimum Gasteiger partial charge on any atom is -0.378 e. The largest absolute Gasteiger partial charge is 0.378 e. The number of hydrogen-bond donors (Lipinski definition) is 2. The lowest BCUT2D eigenvalue weighted by atomic mass is 10.0. The van der Waals surface area contributed by atoms with E-state index in [0.29, 0.717) is 5.56 Å². The van der Waals surface area contributed by atoms with Crippen LogP contribution in [0.25, 0.3) is 0 Å². The lowest BCUT2D eigenvalue weighted by Gasteiger charge is -2.21. The van der Waals surface area contributed by atoms with E-state index in [1.807, 2.05) is 37.3 Å². The fraction of sp³-hybridized carbons (Fsp3) is 0.235. The summed E-state index contributed by atoms with van der Waals surface area (Å²) in [6.45, 7) is 4.05. The summed E-state index contributed by atoms with van der Waals surface area (Å²) < 4.78 is 0. The summed E-state index contributed by atoms with van der Waals surface area (Å²) in [5, 5.41) is 3.50. The molecule has 2 aromatic carbocycles. The van der Waals surface area contributed by atoms with Gasteiger partial charge in [0.05, 0.1) is 6.04 Å². The summed E-state index contributed by atoms with van der Waals surface area (Å²) in [7, 11) is 0. The highest BCUT2D eigenvalue weighted by molar-refractivity contribution is 5.95. The van der Waals surface area contributed by atoms with Gasteiger partial charge in [0, 0.05) is 11.3 Å². The topological polar surface area (TPSA) is 55.1 Å². The lowest BCUT2D eigenvalue weighted by Crippen LogP contribution is -2.15. The average Bonchev–Trinajstić information content (AvgIpc) is 2.47.